The Morgan fingerprint density at radius 3 is 2.00 bits per heavy atom. The standard InChI is InChI=1S/C7H8O2.C6H7NO4/c1-5-4-6(8)2-3-7(5)9;1-4(8)11-7-5(9)2-3-6(7)10/h1-4H2;2-3H2,1H3. The van der Waals surface area contributed by atoms with Crippen molar-refractivity contribution >= 4 is 29.4 Å². The molecule has 1 aliphatic carbocycles. The second kappa shape index (κ2) is 6.74. The highest BCUT2D eigenvalue weighted by Gasteiger charge is 2.31. The SMILES string of the molecule is C=C1CC(=O)CCC1=O.CC(=O)ON1C(=O)CCC1=O. The third-order valence-corrected chi connectivity index (χ3v) is 2.66. The van der Waals surface area contributed by atoms with E-state index < -0.39 is 17.8 Å². The van der Waals surface area contributed by atoms with Gasteiger partial charge in [-0.2, -0.15) is 0 Å². The predicted molar refractivity (Wildman–Crippen MR) is 65.9 cm³/mol. The third-order valence-electron chi connectivity index (χ3n) is 2.66. The van der Waals surface area contributed by atoms with Gasteiger partial charge >= 0.3 is 5.97 Å². The summed E-state index contributed by atoms with van der Waals surface area (Å²) in [5.41, 5.74) is 0.478. The normalized spacial score (nSPS) is 18.9. The van der Waals surface area contributed by atoms with Gasteiger partial charge in [-0.3, -0.25) is 19.2 Å². The minimum atomic E-state index is -0.659. The molecule has 20 heavy (non-hydrogen) atoms. The number of hydrogen-bond donors (Lipinski definition) is 0. The monoisotopic (exact) mass is 281 g/mol. The molecule has 0 N–H and O–H groups in total. The zero-order valence-corrected chi connectivity index (χ0v) is 11.1. The van der Waals surface area contributed by atoms with Crippen LogP contribution in [0.5, 0.6) is 0 Å². The van der Waals surface area contributed by atoms with Crippen LogP contribution in [0.2, 0.25) is 0 Å². The van der Waals surface area contributed by atoms with Crippen LogP contribution < -0.4 is 0 Å². The molecule has 108 valence electrons. The summed E-state index contributed by atoms with van der Waals surface area (Å²) < 4.78 is 0. The lowest BCUT2D eigenvalue weighted by molar-refractivity contribution is -0.195. The molecule has 0 unspecified atom stereocenters. The van der Waals surface area contributed by atoms with Gasteiger partial charge in [-0.1, -0.05) is 6.58 Å². The number of hydroxylamine groups is 2. The number of amides is 2. The summed E-state index contributed by atoms with van der Waals surface area (Å²) in [4.78, 5) is 57.4. The molecule has 2 aliphatic rings. The van der Waals surface area contributed by atoms with Crippen LogP contribution in [-0.4, -0.2) is 34.4 Å². The maximum absolute atomic E-state index is 10.7. The fraction of sp³-hybridized carbons (Fsp3) is 0.462. The summed E-state index contributed by atoms with van der Waals surface area (Å²) >= 11 is 0. The minimum absolute atomic E-state index is 0.0506. The highest BCUT2D eigenvalue weighted by molar-refractivity contribution is 6.05. The van der Waals surface area contributed by atoms with Crippen molar-refractivity contribution in [2.45, 2.75) is 39.0 Å². The Kier molecular flexibility index (Phi) is 5.31. The predicted octanol–water partition coefficient (Wildman–Crippen LogP) is 0.478. The van der Waals surface area contributed by atoms with Crippen molar-refractivity contribution in [3.8, 4) is 0 Å². The fourth-order valence-corrected chi connectivity index (χ4v) is 1.64. The lowest BCUT2D eigenvalue weighted by Gasteiger charge is -2.09. The molecule has 0 spiro atoms. The molecule has 2 fully saturated rings. The Hall–Kier alpha value is -2.31. The molecule has 0 aromatic heterocycles. The molecular formula is C13H15NO6. The van der Waals surface area contributed by atoms with E-state index in [0.29, 0.717) is 23.5 Å². The molecule has 2 rings (SSSR count). The topological polar surface area (TPSA) is 97.8 Å². The Morgan fingerprint density at radius 1 is 1.05 bits per heavy atom. The first-order valence-corrected chi connectivity index (χ1v) is 6.08. The summed E-state index contributed by atoms with van der Waals surface area (Å²) in [5, 5.41) is 0.516. The van der Waals surface area contributed by atoms with Crippen molar-refractivity contribution in [2.24, 2.45) is 0 Å². The summed E-state index contributed by atoms with van der Waals surface area (Å²) in [6.07, 6.45) is 1.33. The van der Waals surface area contributed by atoms with Crippen molar-refractivity contribution in [3.05, 3.63) is 12.2 Å². The Bertz CT molecular complexity index is 477. The van der Waals surface area contributed by atoms with Crippen molar-refractivity contribution in [3.63, 3.8) is 0 Å². The van der Waals surface area contributed by atoms with Gasteiger partial charge in [0, 0.05) is 39.0 Å². The highest BCUT2D eigenvalue weighted by Crippen LogP contribution is 2.14. The van der Waals surface area contributed by atoms with Gasteiger partial charge < -0.3 is 4.84 Å². The Labute approximate surface area is 115 Å². The number of nitrogens with zero attached hydrogens (tertiary/aromatic N) is 1. The lowest BCUT2D eigenvalue weighted by Crippen LogP contribution is -2.30. The Balaban J connectivity index is 0.000000204. The molecule has 0 aromatic rings. The molecule has 0 aromatic carbocycles. The number of Topliss-reactive ketones (excluding diaryl/α,β-unsaturated/α-hetero) is 2. The van der Waals surface area contributed by atoms with Crippen LogP contribution in [0.4, 0.5) is 0 Å². The summed E-state index contributed by atoms with van der Waals surface area (Å²) in [6.45, 7) is 4.61. The van der Waals surface area contributed by atoms with Crippen molar-refractivity contribution in [1.82, 2.24) is 5.06 Å². The summed E-state index contributed by atoms with van der Waals surface area (Å²) in [5.74, 6) is -1.38. The molecule has 1 aliphatic heterocycles. The number of hydrogen-bond acceptors (Lipinski definition) is 6. The molecule has 7 nitrogen and oxygen atoms in total. The number of ketones is 2. The van der Waals surface area contributed by atoms with Crippen LogP contribution >= 0.6 is 0 Å². The van der Waals surface area contributed by atoms with Crippen LogP contribution in [-0.2, 0) is 28.8 Å². The fourth-order valence-electron chi connectivity index (χ4n) is 1.64. The van der Waals surface area contributed by atoms with Gasteiger partial charge in [-0.15, -0.1) is 5.06 Å². The highest BCUT2D eigenvalue weighted by atomic mass is 16.7. The van der Waals surface area contributed by atoms with Gasteiger partial charge in [-0.25, -0.2) is 4.79 Å². The number of imide groups is 1. The number of carbonyl (C=O) groups is 5. The number of carbonyl (C=O) groups excluding carboxylic acids is 5. The van der Waals surface area contributed by atoms with Gasteiger partial charge in [-0.05, 0) is 5.57 Å². The van der Waals surface area contributed by atoms with Crippen molar-refractivity contribution < 1.29 is 28.8 Å². The molecular weight excluding hydrogens is 266 g/mol. The number of rotatable bonds is 1. The van der Waals surface area contributed by atoms with Crippen LogP contribution in [0.1, 0.15) is 39.0 Å². The van der Waals surface area contributed by atoms with E-state index in [1.165, 1.54) is 0 Å². The average Bonchev–Trinajstić information content (AvgIpc) is 2.66. The second-order valence-corrected chi connectivity index (χ2v) is 4.41. The largest absolute Gasteiger partial charge is 0.331 e. The second-order valence-electron chi connectivity index (χ2n) is 4.41. The van der Waals surface area contributed by atoms with Crippen LogP contribution in [0.3, 0.4) is 0 Å². The molecule has 7 heteroatoms. The molecule has 1 saturated heterocycles. The van der Waals surface area contributed by atoms with Gasteiger partial charge in [0.25, 0.3) is 11.8 Å². The van der Waals surface area contributed by atoms with Crippen LogP contribution in [0.25, 0.3) is 0 Å². The van der Waals surface area contributed by atoms with E-state index in [9.17, 15) is 24.0 Å². The summed E-state index contributed by atoms with van der Waals surface area (Å²) in [6, 6.07) is 0. The van der Waals surface area contributed by atoms with Crippen molar-refractivity contribution in [1.29, 1.82) is 0 Å². The maximum Gasteiger partial charge on any atom is 0.330 e. The first kappa shape index (κ1) is 15.7. The molecule has 0 atom stereocenters. The van der Waals surface area contributed by atoms with Gasteiger partial charge in [0.05, 0.1) is 0 Å². The summed E-state index contributed by atoms with van der Waals surface area (Å²) in [7, 11) is 0. The van der Waals surface area contributed by atoms with E-state index in [2.05, 4.69) is 11.4 Å². The third kappa shape index (κ3) is 4.42. The molecule has 0 bridgehead atoms. The van der Waals surface area contributed by atoms with E-state index in [1.807, 2.05) is 0 Å². The van der Waals surface area contributed by atoms with E-state index in [1.54, 1.807) is 0 Å². The lowest BCUT2D eigenvalue weighted by atomic mass is 9.94. The molecule has 0 radical (unpaired) electrons. The van der Waals surface area contributed by atoms with Crippen LogP contribution in [0.15, 0.2) is 12.2 Å². The van der Waals surface area contributed by atoms with E-state index in [0.717, 1.165) is 6.92 Å². The quantitative estimate of drug-likeness (QED) is 0.512. The Morgan fingerprint density at radius 2 is 1.60 bits per heavy atom. The zero-order valence-electron chi connectivity index (χ0n) is 11.1. The van der Waals surface area contributed by atoms with E-state index in [-0.39, 0.29) is 30.8 Å². The first-order valence-electron chi connectivity index (χ1n) is 6.08. The number of allylic oxidation sites excluding steroid dienone is 1. The molecule has 1 saturated carbocycles. The smallest absolute Gasteiger partial charge is 0.330 e. The van der Waals surface area contributed by atoms with Crippen LogP contribution in [0, 0.1) is 0 Å². The van der Waals surface area contributed by atoms with Gasteiger partial charge in [0.2, 0.25) is 0 Å². The zero-order chi connectivity index (χ0) is 15.3. The van der Waals surface area contributed by atoms with Crippen molar-refractivity contribution in [2.75, 3.05) is 0 Å². The van der Waals surface area contributed by atoms with E-state index in [4.69, 9.17) is 0 Å². The van der Waals surface area contributed by atoms with E-state index >= 15 is 0 Å². The molecule has 2 amide bonds. The maximum atomic E-state index is 10.7. The van der Waals surface area contributed by atoms with Gasteiger partial charge in [0.15, 0.2) is 5.78 Å². The first-order chi connectivity index (χ1) is 9.31. The minimum Gasteiger partial charge on any atom is -0.331 e. The average molecular weight is 281 g/mol. The van der Waals surface area contributed by atoms with Gasteiger partial charge in [0.1, 0.15) is 5.78 Å². The molecule has 1 heterocycles.